The van der Waals surface area contributed by atoms with Gasteiger partial charge in [-0.15, -0.1) is 0 Å². The summed E-state index contributed by atoms with van der Waals surface area (Å²) in [5, 5.41) is 3.64. The van der Waals surface area contributed by atoms with Crippen LogP contribution in [0.15, 0.2) is 36.5 Å². The Morgan fingerprint density at radius 3 is 2.58 bits per heavy atom. The van der Waals surface area contributed by atoms with Crippen molar-refractivity contribution in [2.45, 2.75) is 6.92 Å². The zero-order valence-electron chi connectivity index (χ0n) is 13.6. The fourth-order valence-electron chi connectivity index (χ4n) is 2.52. The highest BCUT2D eigenvalue weighted by Gasteiger charge is 2.15. The van der Waals surface area contributed by atoms with Crippen LogP contribution in [0, 0.1) is 18.6 Å². The highest BCUT2D eigenvalue weighted by atomic mass is 19.2. The number of aromatic amines is 1. The Labute approximate surface area is 138 Å². The molecule has 124 valence electrons. The van der Waals surface area contributed by atoms with Gasteiger partial charge in [0.25, 0.3) is 5.91 Å². The summed E-state index contributed by atoms with van der Waals surface area (Å²) in [5.74, 6) is -1.88. The van der Waals surface area contributed by atoms with Crippen molar-refractivity contribution in [1.82, 2.24) is 9.88 Å². The van der Waals surface area contributed by atoms with Crippen molar-refractivity contribution in [3.05, 3.63) is 59.3 Å². The average molecular weight is 329 g/mol. The Hall–Kier alpha value is -2.89. The van der Waals surface area contributed by atoms with Gasteiger partial charge in [-0.25, -0.2) is 8.78 Å². The lowest BCUT2D eigenvalue weighted by Crippen LogP contribution is -2.21. The van der Waals surface area contributed by atoms with Crippen molar-refractivity contribution in [1.29, 1.82) is 0 Å². The van der Waals surface area contributed by atoms with Gasteiger partial charge in [0, 0.05) is 36.9 Å². The second-order valence-corrected chi connectivity index (χ2v) is 5.85. The fourth-order valence-corrected chi connectivity index (χ4v) is 2.52. The molecular weight excluding hydrogens is 312 g/mol. The number of amides is 1. The highest BCUT2D eigenvalue weighted by Crippen LogP contribution is 2.27. The summed E-state index contributed by atoms with van der Waals surface area (Å²) in [6.45, 7) is 1.51. The minimum Gasteiger partial charge on any atom is -0.360 e. The Bertz CT molecular complexity index is 931. The normalized spacial score (nSPS) is 10.9. The van der Waals surface area contributed by atoms with Crippen LogP contribution in [-0.4, -0.2) is 29.9 Å². The first-order valence-corrected chi connectivity index (χ1v) is 7.43. The molecule has 0 unspecified atom stereocenters. The molecule has 6 heteroatoms. The monoisotopic (exact) mass is 329 g/mol. The number of hydrogen-bond donors (Lipinski definition) is 2. The molecule has 0 saturated carbocycles. The van der Waals surface area contributed by atoms with E-state index in [1.54, 1.807) is 38.5 Å². The summed E-state index contributed by atoms with van der Waals surface area (Å²) in [4.78, 5) is 16.6. The van der Waals surface area contributed by atoms with Crippen LogP contribution in [0.2, 0.25) is 0 Å². The van der Waals surface area contributed by atoms with E-state index in [9.17, 15) is 13.6 Å². The van der Waals surface area contributed by atoms with Gasteiger partial charge < -0.3 is 15.2 Å². The molecule has 0 aliphatic carbocycles. The molecule has 1 heterocycles. The summed E-state index contributed by atoms with van der Waals surface area (Å²) < 4.78 is 27.6. The maximum absolute atomic E-state index is 14.0. The summed E-state index contributed by atoms with van der Waals surface area (Å²) in [5.41, 5.74) is 2.21. The molecule has 24 heavy (non-hydrogen) atoms. The largest absolute Gasteiger partial charge is 0.360 e. The molecule has 4 nitrogen and oxygen atoms in total. The minimum absolute atomic E-state index is 0.0635. The van der Waals surface area contributed by atoms with Gasteiger partial charge in [0.2, 0.25) is 0 Å². The first-order valence-electron chi connectivity index (χ1n) is 7.43. The van der Waals surface area contributed by atoms with E-state index in [-0.39, 0.29) is 17.2 Å². The topological polar surface area (TPSA) is 48.1 Å². The average Bonchev–Trinajstić information content (AvgIpc) is 2.97. The zero-order valence-corrected chi connectivity index (χ0v) is 13.6. The van der Waals surface area contributed by atoms with Gasteiger partial charge in [-0.1, -0.05) is 6.07 Å². The van der Waals surface area contributed by atoms with Crippen molar-refractivity contribution in [3.63, 3.8) is 0 Å². The predicted octanol–water partition coefficient (Wildman–Crippen LogP) is 4.20. The van der Waals surface area contributed by atoms with E-state index in [1.165, 1.54) is 24.0 Å². The molecule has 3 rings (SSSR count). The van der Waals surface area contributed by atoms with Crippen molar-refractivity contribution in [3.8, 4) is 0 Å². The molecule has 1 aromatic heterocycles. The number of carbonyl (C=O) groups excluding carboxylic acids is 1. The lowest BCUT2D eigenvalue weighted by Gasteiger charge is -2.10. The van der Waals surface area contributed by atoms with E-state index in [0.29, 0.717) is 11.3 Å². The van der Waals surface area contributed by atoms with Crippen LogP contribution in [0.1, 0.15) is 15.9 Å². The lowest BCUT2D eigenvalue weighted by atomic mass is 10.1. The number of H-pyrrole nitrogens is 1. The van der Waals surface area contributed by atoms with Gasteiger partial charge in [-0.2, -0.15) is 0 Å². The van der Waals surface area contributed by atoms with Crippen molar-refractivity contribution in [2.75, 3.05) is 19.4 Å². The summed E-state index contributed by atoms with van der Waals surface area (Å²) in [7, 11) is 3.37. The number of nitrogens with one attached hydrogen (secondary N) is 2. The number of hydrogen-bond acceptors (Lipinski definition) is 2. The molecule has 0 saturated heterocycles. The minimum atomic E-state index is -0.912. The van der Waals surface area contributed by atoms with E-state index >= 15 is 0 Å². The molecule has 0 aliphatic heterocycles. The number of aryl methyl sites for hydroxylation is 1. The first-order chi connectivity index (χ1) is 11.4. The van der Waals surface area contributed by atoms with Crippen LogP contribution < -0.4 is 5.32 Å². The Morgan fingerprint density at radius 2 is 1.88 bits per heavy atom. The number of nitrogens with zero attached hydrogens (tertiary/aromatic N) is 1. The van der Waals surface area contributed by atoms with E-state index < -0.39 is 11.6 Å². The number of anilines is 2. The lowest BCUT2D eigenvalue weighted by molar-refractivity contribution is 0.0829. The number of halogens is 2. The van der Waals surface area contributed by atoms with Gasteiger partial charge in [0.1, 0.15) is 0 Å². The molecule has 2 N–H and O–H groups in total. The molecule has 0 atom stereocenters. The number of carbonyl (C=O) groups is 1. The van der Waals surface area contributed by atoms with Gasteiger partial charge in [0.05, 0.1) is 11.3 Å². The number of rotatable bonds is 3. The predicted molar refractivity (Wildman–Crippen MR) is 90.7 cm³/mol. The van der Waals surface area contributed by atoms with Crippen LogP contribution in [0.5, 0.6) is 0 Å². The van der Waals surface area contributed by atoms with E-state index in [2.05, 4.69) is 10.3 Å². The molecular formula is C18H17F2N3O. The molecule has 0 aliphatic rings. The third-order valence-corrected chi connectivity index (χ3v) is 3.87. The molecule has 0 bridgehead atoms. The first kappa shape index (κ1) is 16.0. The summed E-state index contributed by atoms with van der Waals surface area (Å²) in [6, 6.07) is 8.25. The van der Waals surface area contributed by atoms with Crippen LogP contribution in [0.4, 0.5) is 20.2 Å². The van der Waals surface area contributed by atoms with E-state index in [4.69, 9.17) is 0 Å². The second kappa shape index (κ2) is 5.96. The second-order valence-electron chi connectivity index (χ2n) is 5.85. The maximum Gasteiger partial charge on any atom is 0.255 e. The fraction of sp³-hybridized carbons (Fsp3) is 0.167. The molecule has 0 spiro atoms. The van der Waals surface area contributed by atoms with Crippen molar-refractivity contribution < 1.29 is 13.6 Å². The summed E-state index contributed by atoms with van der Waals surface area (Å²) in [6.07, 6.45) is 1.64. The van der Waals surface area contributed by atoms with E-state index in [0.717, 1.165) is 10.9 Å². The zero-order chi connectivity index (χ0) is 17.4. The van der Waals surface area contributed by atoms with Gasteiger partial charge in [-0.3, -0.25) is 4.79 Å². The van der Waals surface area contributed by atoms with E-state index in [1.807, 2.05) is 0 Å². The van der Waals surface area contributed by atoms with Gasteiger partial charge in [0.15, 0.2) is 11.6 Å². The quantitative estimate of drug-likeness (QED) is 0.756. The standard InChI is InChI=1S/C18H17F2N3O/c1-10-4-7-14(17(20)16(10)19)22-11-5-6-12-13(18(24)23(2)3)9-21-15(12)8-11/h4-9,21-22H,1-3H3. The molecule has 0 radical (unpaired) electrons. The number of benzene rings is 2. The maximum atomic E-state index is 14.0. The van der Waals surface area contributed by atoms with Crippen LogP contribution in [-0.2, 0) is 0 Å². The van der Waals surface area contributed by atoms with Crippen LogP contribution >= 0.6 is 0 Å². The number of fused-ring (bicyclic) bond motifs is 1. The van der Waals surface area contributed by atoms with Crippen LogP contribution in [0.25, 0.3) is 10.9 Å². The summed E-state index contributed by atoms with van der Waals surface area (Å²) >= 11 is 0. The third kappa shape index (κ3) is 2.71. The Balaban J connectivity index is 1.95. The molecule has 2 aromatic carbocycles. The molecule has 0 fully saturated rings. The highest BCUT2D eigenvalue weighted by molar-refractivity contribution is 6.07. The SMILES string of the molecule is Cc1ccc(Nc2ccc3c(C(=O)N(C)C)c[nH]c3c2)c(F)c1F. The van der Waals surface area contributed by atoms with Crippen LogP contribution in [0.3, 0.4) is 0 Å². The smallest absolute Gasteiger partial charge is 0.255 e. The third-order valence-electron chi connectivity index (χ3n) is 3.87. The number of aromatic nitrogens is 1. The van der Waals surface area contributed by atoms with Crippen molar-refractivity contribution in [2.24, 2.45) is 0 Å². The van der Waals surface area contributed by atoms with Gasteiger partial charge >= 0.3 is 0 Å². The Kier molecular flexibility index (Phi) is 3.97. The molecule has 3 aromatic rings. The Morgan fingerprint density at radius 1 is 1.12 bits per heavy atom. The molecule has 1 amide bonds. The van der Waals surface area contributed by atoms with Crippen molar-refractivity contribution >= 4 is 28.2 Å². The van der Waals surface area contributed by atoms with Gasteiger partial charge in [-0.05, 0) is 36.8 Å².